The van der Waals surface area contributed by atoms with Crippen LogP contribution in [0.4, 0.5) is 14.5 Å². The van der Waals surface area contributed by atoms with Gasteiger partial charge in [0, 0.05) is 37.1 Å². The number of ether oxygens (including phenoxy) is 3. The first-order valence-electron chi connectivity index (χ1n) is 9.61. The summed E-state index contributed by atoms with van der Waals surface area (Å²) in [5, 5.41) is 3.53. The third kappa shape index (κ3) is 3.15. The summed E-state index contributed by atoms with van der Waals surface area (Å²) in [5.41, 5.74) is 1.44. The summed E-state index contributed by atoms with van der Waals surface area (Å²) in [6, 6.07) is 9.89. The Morgan fingerprint density at radius 1 is 0.966 bits per heavy atom. The van der Waals surface area contributed by atoms with Gasteiger partial charge in [0.2, 0.25) is 6.79 Å². The van der Waals surface area contributed by atoms with Crippen molar-refractivity contribution in [1.82, 2.24) is 4.98 Å². The Kier molecular flexibility index (Phi) is 4.47. The van der Waals surface area contributed by atoms with E-state index in [1.807, 2.05) is 18.2 Å². The molecule has 2 aromatic carbocycles. The van der Waals surface area contributed by atoms with Gasteiger partial charge in [-0.1, -0.05) is 6.07 Å². The smallest absolute Gasteiger partial charge is 0.231 e. The lowest BCUT2D eigenvalue weighted by atomic mass is 9.74. The lowest BCUT2D eigenvalue weighted by molar-refractivity contribution is 0.0543. The van der Waals surface area contributed by atoms with Crippen LogP contribution < -0.4 is 14.8 Å². The van der Waals surface area contributed by atoms with Gasteiger partial charge < -0.3 is 19.5 Å². The van der Waals surface area contributed by atoms with E-state index < -0.39 is 11.6 Å². The molecule has 150 valence electrons. The predicted molar refractivity (Wildman–Crippen MR) is 104 cm³/mol. The van der Waals surface area contributed by atoms with Crippen LogP contribution in [0.3, 0.4) is 0 Å². The summed E-state index contributed by atoms with van der Waals surface area (Å²) < 4.78 is 45.1. The van der Waals surface area contributed by atoms with Gasteiger partial charge in [-0.05, 0) is 48.7 Å². The van der Waals surface area contributed by atoms with E-state index in [1.165, 1.54) is 6.20 Å². The lowest BCUT2D eigenvalue weighted by Crippen LogP contribution is -2.40. The number of hydrogen-bond acceptors (Lipinski definition) is 5. The van der Waals surface area contributed by atoms with Crippen molar-refractivity contribution >= 4 is 16.6 Å². The molecule has 1 aromatic heterocycles. The molecule has 0 amide bonds. The predicted octanol–water partition coefficient (Wildman–Crippen LogP) is 4.40. The number of fused-ring (bicyclic) bond motifs is 2. The number of pyridine rings is 1. The zero-order valence-corrected chi connectivity index (χ0v) is 15.7. The van der Waals surface area contributed by atoms with E-state index >= 15 is 0 Å². The third-order valence-electron chi connectivity index (χ3n) is 5.84. The Labute approximate surface area is 166 Å². The second-order valence-electron chi connectivity index (χ2n) is 7.43. The fourth-order valence-corrected chi connectivity index (χ4v) is 4.16. The number of nitrogens with zero attached hydrogens (tertiary/aromatic N) is 1. The van der Waals surface area contributed by atoms with Crippen molar-refractivity contribution in [2.75, 3.05) is 31.9 Å². The molecule has 0 atom stereocenters. The molecular weight excluding hydrogens is 378 g/mol. The molecule has 0 bridgehead atoms. The number of nitrogens with one attached hydrogen (secondary N) is 1. The topological polar surface area (TPSA) is 52.6 Å². The molecule has 2 aliphatic heterocycles. The van der Waals surface area contributed by atoms with Gasteiger partial charge in [-0.15, -0.1) is 0 Å². The zero-order valence-electron chi connectivity index (χ0n) is 15.7. The van der Waals surface area contributed by atoms with Crippen LogP contribution in [-0.2, 0) is 10.2 Å². The number of rotatable bonds is 4. The SMILES string of the molecule is Fc1ccc(F)c2c(NCC3(c4ccc5c(c4)OCO5)CCOCC3)ccnc12. The van der Waals surface area contributed by atoms with Gasteiger partial charge >= 0.3 is 0 Å². The molecule has 0 radical (unpaired) electrons. The zero-order chi connectivity index (χ0) is 19.8. The molecule has 3 aromatic rings. The third-order valence-corrected chi connectivity index (χ3v) is 5.84. The molecule has 7 heteroatoms. The molecular formula is C22H20F2N2O3. The summed E-state index contributed by atoms with van der Waals surface area (Å²) in [7, 11) is 0. The van der Waals surface area contributed by atoms with Crippen molar-refractivity contribution in [1.29, 1.82) is 0 Å². The molecule has 0 aliphatic carbocycles. The second kappa shape index (κ2) is 7.15. The highest BCUT2D eigenvalue weighted by molar-refractivity contribution is 5.92. The fourth-order valence-electron chi connectivity index (χ4n) is 4.16. The van der Waals surface area contributed by atoms with E-state index in [1.54, 1.807) is 6.07 Å². The molecule has 1 N–H and O–H groups in total. The molecule has 5 nitrogen and oxygen atoms in total. The standard InChI is InChI=1S/C22H20F2N2O3/c23-15-2-3-16(24)21-20(15)17(5-8-25-21)26-12-22(6-9-27-10-7-22)14-1-4-18-19(11-14)29-13-28-18/h1-5,8,11H,6-7,9-10,12-13H2,(H,25,26). The molecule has 5 rings (SSSR count). The van der Waals surface area contributed by atoms with Gasteiger partial charge in [-0.3, -0.25) is 4.98 Å². The van der Waals surface area contributed by atoms with E-state index in [0.29, 0.717) is 25.4 Å². The van der Waals surface area contributed by atoms with Gasteiger partial charge in [0.15, 0.2) is 11.5 Å². The minimum absolute atomic E-state index is 0.0270. The molecule has 0 saturated carbocycles. The second-order valence-corrected chi connectivity index (χ2v) is 7.43. The van der Waals surface area contributed by atoms with Crippen molar-refractivity contribution in [3.63, 3.8) is 0 Å². The monoisotopic (exact) mass is 398 g/mol. The van der Waals surface area contributed by atoms with E-state index in [2.05, 4.69) is 10.3 Å². The van der Waals surface area contributed by atoms with Gasteiger partial charge in [-0.25, -0.2) is 8.78 Å². The highest BCUT2D eigenvalue weighted by Gasteiger charge is 2.35. The first-order chi connectivity index (χ1) is 14.2. The molecule has 1 saturated heterocycles. The minimum Gasteiger partial charge on any atom is -0.454 e. The van der Waals surface area contributed by atoms with Gasteiger partial charge in [0.1, 0.15) is 17.2 Å². The number of halogens is 2. The van der Waals surface area contributed by atoms with Gasteiger partial charge in [0.05, 0.1) is 5.39 Å². The van der Waals surface area contributed by atoms with E-state index in [-0.39, 0.29) is 23.1 Å². The van der Waals surface area contributed by atoms with Crippen LogP contribution in [0.15, 0.2) is 42.6 Å². The Hall–Kier alpha value is -2.93. The highest BCUT2D eigenvalue weighted by Crippen LogP contribution is 2.41. The van der Waals surface area contributed by atoms with Crippen LogP contribution in [0.5, 0.6) is 11.5 Å². The van der Waals surface area contributed by atoms with Crippen LogP contribution in [0.2, 0.25) is 0 Å². The summed E-state index contributed by atoms with van der Waals surface area (Å²) in [6.07, 6.45) is 3.10. The normalized spacial score (nSPS) is 17.4. The molecule has 2 aliphatic rings. The maximum atomic E-state index is 14.5. The average Bonchev–Trinajstić information content (AvgIpc) is 3.23. The van der Waals surface area contributed by atoms with Gasteiger partial charge in [-0.2, -0.15) is 0 Å². The summed E-state index contributed by atoms with van der Waals surface area (Å²) in [6.45, 7) is 2.04. The van der Waals surface area contributed by atoms with Crippen LogP contribution in [-0.4, -0.2) is 31.5 Å². The van der Waals surface area contributed by atoms with E-state index in [4.69, 9.17) is 14.2 Å². The average molecular weight is 398 g/mol. The van der Waals surface area contributed by atoms with Crippen LogP contribution in [0.1, 0.15) is 18.4 Å². The molecule has 0 unspecified atom stereocenters. The largest absolute Gasteiger partial charge is 0.454 e. The number of anilines is 1. The quantitative estimate of drug-likeness (QED) is 0.706. The van der Waals surface area contributed by atoms with E-state index in [9.17, 15) is 8.78 Å². The molecule has 3 heterocycles. The fraction of sp³-hybridized carbons (Fsp3) is 0.318. The Bertz CT molecular complexity index is 1070. The Balaban J connectivity index is 1.50. The summed E-state index contributed by atoms with van der Waals surface area (Å²) in [4.78, 5) is 4.01. The number of hydrogen-bond donors (Lipinski definition) is 1. The molecule has 29 heavy (non-hydrogen) atoms. The first kappa shape index (κ1) is 18.1. The Morgan fingerprint density at radius 2 is 1.76 bits per heavy atom. The summed E-state index contributed by atoms with van der Waals surface area (Å²) in [5.74, 6) is 0.431. The van der Waals surface area contributed by atoms with Crippen LogP contribution >= 0.6 is 0 Å². The highest BCUT2D eigenvalue weighted by atomic mass is 19.1. The minimum atomic E-state index is -0.540. The number of aromatic nitrogens is 1. The van der Waals surface area contributed by atoms with Gasteiger partial charge in [0.25, 0.3) is 0 Å². The molecule has 1 fully saturated rings. The summed E-state index contributed by atoms with van der Waals surface area (Å²) >= 11 is 0. The van der Waals surface area contributed by atoms with Crippen molar-refractivity contribution in [3.05, 3.63) is 59.8 Å². The number of benzene rings is 2. The maximum absolute atomic E-state index is 14.5. The van der Waals surface area contributed by atoms with E-state index in [0.717, 1.165) is 42.0 Å². The van der Waals surface area contributed by atoms with Crippen LogP contribution in [0.25, 0.3) is 10.9 Å². The van der Waals surface area contributed by atoms with Crippen molar-refractivity contribution in [3.8, 4) is 11.5 Å². The van der Waals surface area contributed by atoms with Crippen molar-refractivity contribution in [2.45, 2.75) is 18.3 Å². The van der Waals surface area contributed by atoms with Crippen LogP contribution in [0, 0.1) is 11.6 Å². The lowest BCUT2D eigenvalue weighted by Gasteiger charge is -2.38. The van der Waals surface area contributed by atoms with Crippen molar-refractivity contribution < 1.29 is 23.0 Å². The Morgan fingerprint density at radius 3 is 2.62 bits per heavy atom. The van der Waals surface area contributed by atoms with Crippen molar-refractivity contribution in [2.24, 2.45) is 0 Å². The first-order valence-corrected chi connectivity index (χ1v) is 9.61. The maximum Gasteiger partial charge on any atom is 0.231 e. The molecule has 0 spiro atoms.